The molecule has 1 rings (SSSR count). The molecule has 4 heteroatoms. The molecule has 0 unspecified atom stereocenters. The van der Waals surface area contributed by atoms with Crippen LogP contribution in [0.5, 0.6) is 0 Å². The predicted molar refractivity (Wildman–Crippen MR) is 51.7 cm³/mol. The molecule has 73 valence electrons. The number of hydrogen-bond acceptors (Lipinski definition) is 2. The van der Waals surface area contributed by atoms with E-state index in [1.54, 1.807) is 30.7 Å². The van der Waals surface area contributed by atoms with Crippen molar-refractivity contribution in [2.75, 3.05) is 5.32 Å². The molecule has 0 aliphatic heterocycles. The van der Waals surface area contributed by atoms with Crippen LogP contribution >= 0.6 is 0 Å². The highest BCUT2D eigenvalue weighted by molar-refractivity contribution is 5.71. The van der Waals surface area contributed by atoms with E-state index in [9.17, 15) is 9.59 Å². The lowest BCUT2D eigenvalue weighted by Crippen LogP contribution is -1.98. The largest absolute Gasteiger partial charge is 0.481 e. The molecule has 0 saturated carbocycles. The summed E-state index contributed by atoms with van der Waals surface area (Å²) in [4.78, 5) is 20.2. The average molecular weight is 192 g/mol. The number of anilines is 1. The number of carboxylic acids is 1. The Kier molecular flexibility index (Phi) is 3.67. The lowest BCUT2D eigenvalue weighted by atomic mass is 10.1. The number of nitrogens with one attached hydrogen (secondary N) is 1. The van der Waals surface area contributed by atoms with E-state index in [2.05, 4.69) is 5.32 Å². The second kappa shape index (κ2) is 5.01. The van der Waals surface area contributed by atoms with Crippen LogP contribution in [0.3, 0.4) is 0 Å². The van der Waals surface area contributed by atoms with Crippen LogP contribution in [0.4, 0.5) is 5.69 Å². The minimum atomic E-state index is -0.812. The van der Waals surface area contributed by atoms with Gasteiger partial charge >= 0.3 is 12.4 Å². The number of rotatable bonds is 5. The van der Waals surface area contributed by atoms with Crippen molar-refractivity contribution in [1.82, 2.24) is 0 Å². The molecule has 0 fully saturated rings. The van der Waals surface area contributed by atoms with Gasteiger partial charge in [0.05, 0.1) is 0 Å². The molecular formula is C10H10NO3. The Labute approximate surface area is 81.6 Å². The first-order valence-corrected chi connectivity index (χ1v) is 4.16. The summed E-state index contributed by atoms with van der Waals surface area (Å²) in [5, 5.41) is 10.8. The summed E-state index contributed by atoms with van der Waals surface area (Å²) < 4.78 is 0. The zero-order valence-corrected chi connectivity index (χ0v) is 7.49. The van der Waals surface area contributed by atoms with E-state index in [-0.39, 0.29) is 6.42 Å². The van der Waals surface area contributed by atoms with Crippen LogP contribution in [0, 0.1) is 0 Å². The van der Waals surface area contributed by atoms with E-state index in [4.69, 9.17) is 5.11 Å². The Bertz CT molecular complexity index is 319. The van der Waals surface area contributed by atoms with Gasteiger partial charge in [-0.15, -0.1) is 0 Å². The van der Waals surface area contributed by atoms with Gasteiger partial charge in [-0.05, 0) is 24.1 Å². The highest BCUT2D eigenvalue weighted by atomic mass is 16.4. The Morgan fingerprint density at radius 3 is 2.50 bits per heavy atom. The third kappa shape index (κ3) is 3.26. The van der Waals surface area contributed by atoms with Gasteiger partial charge in [-0.3, -0.25) is 9.59 Å². The van der Waals surface area contributed by atoms with Gasteiger partial charge in [-0.2, -0.15) is 0 Å². The fraction of sp³-hybridized carbons (Fsp3) is 0.200. The summed E-state index contributed by atoms with van der Waals surface area (Å²) in [7, 11) is 0. The number of carboxylic acid groups (broad SMARTS) is 1. The molecule has 1 amide bonds. The van der Waals surface area contributed by atoms with Crippen LogP contribution in [0.15, 0.2) is 24.3 Å². The summed E-state index contributed by atoms with van der Waals surface area (Å²) in [5.74, 6) is -0.812. The molecule has 2 N–H and O–H groups in total. The maximum Gasteiger partial charge on any atom is 0.314 e. The zero-order chi connectivity index (χ0) is 10.4. The van der Waals surface area contributed by atoms with Gasteiger partial charge in [0.25, 0.3) is 0 Å². The van der Waals surface area contributed by atoms with E-state index >= 15 is 0 Å². The monoisotopic (exact) mass is 192 g/mol. The number of hydrogen-bond donors (Lipinski definition) is 2. The number of carbonyl (C=O) groups excluding carboxylic acids is 1. The molecule has 0 bridgehead atoms. The second-order valence-corrected chi connectivity index (χ2v) is 2.82. The van der Waals surface area contributed by atoms with E-state index in [0.29, 0.717) is 12.1 Å². The smallest absolute Gasteiger partial charge is 0.314 e. The fourth-order valence-electron chi connectivity index (χ4n) is 1.06. The topological polar surface area (TPSA) is 66.4 Å². The third-order valence-corrected chi connectivity index (χ3v) is 1.78. The lowest BCUT2D eigenvalue weighted by molar-refractivity contribution is -0.136. The minimum absolute atomic E-state index is 0.118. The first-order valence-electron chi connectivity index (χ1n) is 4.16. The maximum absolute atomic E-state index is 10.3. The highest BCUT2D eigenvalue weighted by Crippen LogP contribution is 2.10. The molecule has 0 saturated heterocycles. The second-order valence-electron chi connectivity index (χ2n) is 2.82. The van der Waals surface area contributed by atoms with Crippen LogP contribution in [0.2, 0.25) is 0 Å². The summed E-state index contributed by atoms with van der Waals surface area (Å²) in [6, 6.07) is 6.98. The standard InChI is InChI=1S/C10H10NO3/c12-7-11-9-4-1-8(2-5-9)3-6-10(13)14/h1-2,4-5H,3,6H2,(H,11,12)(H,13,14). The zero-order valence-electron chi connectivity index (χ0n) is 7.49. The Morgan fingerprint density at radius 2 is 2.00 bits per heavy atom. The van der Waals surface area contributed by atoms with E-state index < -0.39 is 5.97 Å². The summed E-state index contributed by atoms with van der Waals surface area (Å²) in [6.07, 6.45) is 2.18. The lowest BCUT2D eigenvalue weighted by Gasteiger charge is -2.00. The van der Waals surface area contributed by atoms with Crippen molar-refractivity contribution in [3.8, 4) is 0 Å². The van der Waals surface area contributed by atoms with Crippen LogP contribution in [0.1, 0.15) is 12.0 Å². The Hall–Kier alpha value is -1.84. The SMILES string of the molecule is O=[C]Nc1ccc(CCC(=O)O)cc1. The number of aliphatic carboxylic acids is 1. The van der Waals surface area contributed by atoms with Gasteiger partial charge in [-0.25, -0.2) is 0 Å². The quantitative estimate of drug-likeness (QED) is 0.688. The van der Waals surface area contributed by atoms with Crippen molar-refractivity contribution in [3.63, 3.8) is 0 Å². The minimum Gasteiger partial charge on any atom is -0.481 e. The fourth-order valence-corrected chi connectivity index (χ4v) is 1.06. The molecule has 14 heavy (non-hydrogen) atoms. The van der Waals surface area contributed by atoms with Crippen molar-refractivity contribution >= 4 is 18.1 Å². The van der Waals surface area contributed by atoms with Gasteiger partial charge in [0.1, 0.15) is 0 Å². The van der Waals surface area contributed by atoms with Gasteiger partial charge in [0, 0.05) is 12.1 Å². The van der Waals surface area contributed by atoms with E-state index in [1.165, 1.54) is 0 Å². The van der Waals surface area contributed by atoms with Crippen LogP contribution in [0.25, 0.3) is 0 Å². The van der Waals surface area contributed by atoms with Crippen molar-refractivity contribution in [2.24, 2.45) is 0 Å². The molecule has 4 nitrogen and oxygen atoms in total. The summed E-state index contributed by atoms with van der Waals surface area (Å²) in [6.45, 7) is 0. The molecular weight excluding hydrogens is 182 g/mol. The predicted octanol–water partition coefficient (Wildman–Crippen LogP) is 1.18. The average Bonchev–Trinajstić information content (AvgIpc) is 2.17. The molecule has 0 aromatic heterocycles. The molecule has 0 atom stereocenters. The van der Waals surface area contributed by atoms with Gasteiger partial charge in [0.15, 0.2) is 0 Å². The third-order valence-electron chi connectivity index (χ3n) is 1.78. The van der Waals surface area contributed by atoms with Crippen molar-refractivity contribution in [3.05, 3.63) is 29.8 Å². The molecule has 0 heterocycles. The van der Waals surface area contributed by atoms with Crippen molar-refractivity contribution in [2.45, 2.75) is 12.8 Å². The molecule has 0 aliphatic rings. The number of benzene rings is 1. The number of carbonyl (C=O) groups is 1. The van der Waals surface area contributed by atoms with Crippen molar-refractivity contribution < 1.29 is 14.7 Å². The number of aryl methyl sites for hydroxylation is 1. The normalized spacial score (nSPS) is 9.43. The Balaban J connectivity index is 2.54. The van der Waals surface area contributed by atoms with E-state index in [1.807, 2.05) is 0 Å². The Morgan fingerprint density at radius 1 is 1.36 bits per heavy atom. The molecule has 0 spiro atoms. The van der Waals surface area contributed by atoms with Gasteiger partial charge in [-0.1, -0.05) is 12.1 Å². The van der Waals surface area contributed by atoms with Crippen molar-refractivity contribution in [1.29, 1.82) is 0 Å². The van der Waals surface area contributed by atoms with E-state index in [0.717, 1.165) is 5.56 Å². The van der Waals surface area contributed by atoms with Crippen LogP contribution in [-0.4, -0.2) is 17.5 Å². The van der Waals surface area contributed by atoms with Gasteiger partial charge in [0.2, 0.25) is 0 Å². The first-order chi connectivity index (χ1) is 6.72. The molecule has 1 aromatic rings. The maximum atomic E-state index is 10.3. The molecule has 0 aliphatic carbocycles. The highest BCUT2D eigenvalue weighted by Gasteiger charge is 1.98. The van der Waals surface area contributed by atoms with Crippen LogP contribution < -0.4 is 5.32 Å². The summed E-state index contributed by atoms with van der Waals surface area (Å²) in [5.41, 5.74) is 1.59. The first kappa shape index (κ1) is 10.2. The van der Waals surface area contributed by atoms with Gasteiger partial charge < -0.3 is 10.4 Å². The molecule has 1 radical (unpaired) electrons. The summed E-state index contributed by atoms with van der Waals surface area (Å²) >= 11 is 0. The number of amides is 1. The van der Waals surface area contributed by atoms with Crippen LogP contribution in [-0.2, 0) is 16.0 Å². The molecule has 1 aromatic carbocycles.